The van der Waals surface area contributed by atoms with Crippen LogP contribution >= 0.6 is 0 Å². The number of halogens is 4. The van der Waals surface area contributed by atoms with E-state index >= 15 is 0 Å². The maximum Gasteiger partial charge on any atom is 0.398 e. The quantitative estimate of drug-likeness (QED) is 0.447. The second-order valence-electron chi connectivity index (χ2n) is 4.62. The van der Waals surface area contributed by atoms with Gasteiger partial charge in [0.25, 0.3) is 0 Å². The molecule has 122 valence electrons. The van der Waals surface area contributed by atoms with Crippen LogP contribution in [0.5, 0.6) is 0 Å². The zero-order chi connectivity index (χ0) is 17.7. The SMILES string of the molecule is O=C(OBc1ccc(F)cc1F)C(=O)OBc1ccc(F)cc1F. The summed E-state index contributed by atoms with van der Waals surface area (Å²) >= 11 is 0. The van der Waals surface area contributed by atoms with Gasteiger partial charge >= 0.3 is 26.9 Å². The van der Waals surface area contributed by atoms with Gasteiger partial charge < -0.3 is 9.31 Å². The summed E-state index contributed by atoms with van der Waals surface area (Å²) in [6.07, 6.45) is 0. The predicted octanol–water partition coefficient (Wildman–Crippen LogP) is -0.0168. The Morgan fingerprint density at radius 2 is 1.08 bits per heavy atom. The second-order valence-corrected chi connectivity index (χ2v) is 4.62. The van der Waals surface area contributed by atoms with Crippen LogP contribution in [0.25, 0.3) is 0 Å². The summed E-state index contributed by atoms with van der Waals surface area (Å²) in [7, 11) is -1.21. The van der Waals surface area contributed by atoms with E-state index < -0.39 is 50.2 Å². The zero-order valence-corrected chi connectivity index (χ0v) is 12.0. The molecule has 0 spiro atoms. The highest BCUT2D eigenvalue weighted by molar-refractivity contribution is 6.55. The first-order chi connectivity index (χ1) is 11.4. The van der Waals surface area contributed by atoms with Crippen molar-refractivity contribution in [2.24, 2.45) is 0 Å². The lowest BCUT2D eigenvalue weighted by atomic mass is 9.87. The van der Waals surface area contributed by atoms with E-state index in [0.717, 1.165) is 24.3 Å². The van der Waals surface area contributed by atoms with Gasteiger partial charge in [-0.25, -0.2) is 27.2 Å². The van der Waals surface area contributed by atoms with Crippen molar-refractivity contribution in [3.05, 3.63) is 59.7 Å². The maximum absolute atomic E-state index is 13.3. The Balaban J connectivity index is 1.87. The third-order valence-electron chi connectivity index (χ3n) is 2.91. The Labute approximate surface area is 134 Å². The number of benzene rings is 2. The Kier molecular flexibility index (Phi) is 5.62. The Bertz CT molecular complexity index is 720. The summed E-state index contributed by atoms with van der Waals surface area (Å²) in [5, 5.41) is 0. The van der Waals surface area contributed by atoms with Crippen molar-refractivity contribution >= 4 is 37.8 Å². The minimum atomic E-state index is -1.43. The molecule has 10 heteroatoms. The standard InChI is InChI=1S/C14H8B2F4O4/c17-7-1-3-9(11(19)5-7)15-23-13(21)14(22)24-16-10-4-2-8(18)6-12(10)20/h1-6,15-16H. The molecule has 0 atom stereocenters. The van der Waals surface area contributed by atoms with Gasteiger partial charge in [-0.2, -0.15) is 0 Å². The molecule has 0 heterocycles. The van der Waals surface area contributed by atoms with Gasteiger partial charge in [0.1, 0.15) is 23.3 Å². The Hall–Kier alpha value is -2.77. The zero-order valence-electron chi connectivity index (χ0n) is 12.0. The molecule has 0 fully saturated rings. The van der Waals surface area contributed by atoms with E-state index in [2.05, 4.69) is 9.31 Å². The van der Waals surface area contributed by atoms with Gasteiger partial charge in [0.15, 0.2) is 0 Å². The van der Waals surface area contributed by atoms with Crippen molar-refractivity contribution < 1.29 is 36.5 Å². The minimum Gasteiger partial charge on any atom is -0.526 e. The van der Waals surface area contributed by atoms with Gasteiger partial charge in [-0.15, -0.1) is 0 Å². The van der Waals surface area contributed by atoms with E-state index in [-0.39, 0.29) is 10.9 Å². The molecule has 0 unspecified atom stereocenters. The maximum atomic E-state index is 13.3. The Morgan fingerprint density at radius 3 is 1.42 bits per heavy atom. The lowest BCUT2D eigenvalue weighted by Gasteiger charge is -2.06. The van der Waals surface area contributed by atoms with Crippen molar-refractivity contribution in [3.8, 4) is 0 Å². The van der Waals surface area contributed by atoms with Crippen LogP contribution in [0, 0.1) is 23.3 Å². The first-order valence-electron chi connectivity index (χ1n) is 6.58. The Morgan fingerprint density at radius 1 is 0.708 bits per heavy atom. The van der Waals surface area contributed by atoms with Crippen molar-refractivity contribution in [2.45, 2.75) is 0 Å². The molecule has 0 saturated carbocycles. The van der Waals surface area contributed by atoms with Crippen molar-refractivity contribution in [3.63, 3.8) is 0 Å². The van der Waals surface area contributed by atoms with E-state index in [9.17, 15) is 27.2 Å². The highest BCUT2D eigenvalue weighted by Gasteiger charge is 2.20. The van der Waals surface area contributed by atoms with Gasteiger partial charge in [-0.1, -0.05) is 12.1 Å². The molecule has 2 rings (SSSR count). The van der Waals surface area contributed by atoms with Crippen LogP contribution in [0.3, 0.4) is 0 Å². The molecular formula is C14H8B2F4O4. The van der Waals surface area contributed by atoms with E-state index in [1.54, 1.807) is 0 Å². The summed E-state index contributed by atoms with van der Waals surface area (Å²) in [5.74, 6) is -6.34. The predicted molar refractivity (Wildman–Crippen MR) is 78.5 cm³/mol. The number of hydrogen-bond donors (Lipinski definition) is 0. The molecule has 0 N–H and O–H groups in total. The largest absolute Gasteiger partial charge is 0.526 e. The first kappa shape index (κ1) is 17.6. The molecule has 4 nitrogen and oxygen atoms in total. The van der Waals surface area contributed by atoms with Crippen LogP contribution in [0.4, 0.5) is 17.6 Å². The fourth-order valence-electron chi connectivity index (χ4n) is 1.68. The number of carbonyl (C=O) groups is 2. The molecule has 2 aromatic carbocycles. The highest BCUT2D eigenvalue weighted by atomic mass is 19.1. The first-order valence-corrected chi connectivity index (χ1v) is 6.58. The third-order valence-corrected chi connectivity index (χ3v) is 2.91. The number of carbonyl (C=O) groups excluding carboxylic acids is 2. The summed E-state index contributed by atoms with van der Waals surface area (Å²) in [6, 6.07) is 5.22. The second kappa shape index (κ2) is 7.67. The van der Waals surface area contributed by atoms with E-state index in [4.69, 9.17) is 0 Å². The van der Waals surface area contributed by atoms with Gasteiger partial charge in [-0.05, 0) is 23.1 Å². The molecule has 0 aliphatic rings. The molecule has 0 aromatic heterocycles. The van der Waals surface area contributed by atoms with Gasteiger partial charge in [0.2, 0.25) is 0 Å². The van der Waals surface area contributed by atoms with E-state index in [0.29, 0.717) is 12.1 Å². The lowest BCUT2D eigenvalue weighted by Crippen LogP contribution is -2.32. The summed E-state index contributed by atoms with van der Waals surface area (Å²) < 4.78 is 61.1. The van der Waals surface area contributed by atoms with Crippen molar-refractivity contribution in [1.82, 2.24) is 0 Å². The van der Waals surface area contributed by atoms with E-state index in [1.165, 1.54) is 0 Å². The highest BCUT2D eigenvalue weighted by Crippen LogP contribution is 2.00. The normalized spacial score (nSPS) is 10.0. The molecule has 0 amide bonds. The number of rotatable bonds is 4. The molecular weight excluding hydrogens is 330 g/mol. The van der Waals surface area contributed by atoms with Crippen LogP contribution in [0.1, 0.15) is 0 Å². The summed E-state index contributed by atoms with van der Waals surface area (Å²) in [5.41, 5.74) is -0.274. The molecule has 24 heavy (non-hydrogen) atoms. The van der Waals surface area contributed by atoms with Crippen LogP contribution in [0.2, 0.25) is 0 Å². The van der Waals surface area contributed by atoms with Crippen LogP contribution < -0.4 is 10.9 Å². The average molecular weight is 338 g/mol. The molecule has 0 aliphatic heterocycles. The monoisotopic (exact) mass is 338 g/mol. The molecule has 0 aliphatic carbocycles. The van der Waals surface area contributed by atoms with Crippen LogP contribution in [-0.2, 0) is 18.9 Å². The summed E-state index contributed by atoms with van der Waals surface area (Å²) in [6.45, 7) is 0. The fraction of sp³-hybridized carbons (Fsp3) is 0. The number of hydrogen-bond acceptors (Lipinski definition) is 4. The minimum absolute atomic E-state index is 0.137. The van der Waals surface area contributed by atoms with Crippen LogP contribution in [0.15, 0.2) is 36.4 Å². The topological polar surface area (TPSA) is 52.6 Å². The van der Waals surface area contributed by atoms with Crippen LogP contribution in [-0.4, -0.2) is 26.9 Å². The van der Waals surface area contributed by atoms with Gasteiger partial charge in [0, 0.05) is 12.1 Å². The van der Waals surface area contributed by atoms with Crippen molar-refractivity contribution in [2.75, 3.05) is 0 Å². The average Bonchev–Trinajstić information content (AvgIpc) is 2.52. The molecule has 0 saturated heterocycles. The smallest absolute Gasteiger partial charge is 0.398 e. The van der Waals surface area contributed by atoms with E-state index in [1.807, 2.05) is 0 Å². The molecule has 2 aromatic rings. The summed E-state index contributed by atoms with van der Waals surface area (Å²) in [4.78, 5) is 22.8. The lowest BCUT2D eigenvalue weighted by molar-refractivity contribution is -0.156. The fourth-order valence-corrected chi connectivity index (χ4v) is 1.68. The van der Waals surface area contributed by atoms with Gasteiger partial charge in [-0.3, -0.25) is 0 Å². The third kappa shape index (κ3) is 4.61. The van der Waals surface area contributed by atoms with Crippen molar-refractivity contribution in [1.29, 1.82) is 0 Å². The van der Waals surface area contributed by atoms with Gasteiger partial charge in [0.05, 0.1) is 0 Å². The molecule has 0 radical (unpaired) electrons. The molecule has 0 bridgehead atoms.